The van der Waals surface area contributed by atoms with Crippen LogP contribution in [0.2, 0.25) is 10.0 Å². The topological polar surface area (TPSA) is 32.8 Å². The minimum atomic E-state index is -0.353. The Morgan fingerprint density at radius 1 is 1.12 bits per heavy atom. The van der Waals surface area contributed by atoms with E-state index in [1.807, 2.05) is 53.7 Å². The molecule has 0 saturated heterocycles. The fourth-order valence-corrected chi connectivity index (χ4v) is 3.20. The third-order valence-electron chi connectivity index (χ3n) is 3.88. The zero-order chi connectivity index (χ0) is 18.5. The highest BCUT2D eigenvalue weighted by Crippen LogP contribution is 2.33. The molecular formula is C20H18Cl2N2O2. The lowest BCUT2D eigenvalue weighted by atomic mass is 10.1. The Bertz CT molecular complexity index is 865. The third-order valence-corrected chi connectivity index (χ3v) is 4.42. The highest BCUT2D eigenvalue weighted by Gasteiger charge is 2.19. The van der Waals surface area contributed by atoms with Crippen LogP contribution in [0.3, 0.4) is 0 Å². The SMILES string of the molecule is CCOC(=O)C=Cc1ccccc1N1C=CN(c2ccc(Cl)cc2Cl)C1. The zero-order valence-corrected chi connectivity index (χ0v) is 15.7. The summed E-state index contributed by atoms with van der Waals surface area (Å²) in [6.45, 7) is 2.74. The average Bonchev–Trinajstić information content (AvgIpc) is 3.10. The summed E-state index contributed by atoms with van der Waals surface area (Å²) in [5, 5.41) is 1.20. The predicted molar refractivity (Wildman–Crippen MR) is 108 cm³/mol. The largest absolute Gasteiger partial charge is 0.463 e. The van der Waals surface area contributed by atoms with Gasteiger partial charge in [0.15, 0.2) is 0 Å². The summed E-state index contributed by atoms with van der Waals surface area (Å²) < 4.78 is 4.94. The number of benzene rings is 2. The summed E-state index contributed by atoms with van der Waals surface area (Å²) in [5.41, 5.74) is 2.79. The molecule has 134 valence electrons. The van der Waals surface area contributed by atoms with Gasteiger partial charge >= 0.3 is 5.97 Å². The Morgan fingerprint density at radius 2 is 1.85 bits per heavy atom. The summed E-state index contributed by atoms with van der Waals surface area (Å²) in [5.74, 6) is -0.353. The fraction of sp³-hybridized carbons (Fsp3) is 0.150. The molecule has 0 fully saturated rings. The van der Waals surface area contributed by atoms with E-state index >= 15 is 0 Å². The zero-order valence-electron chi connectivity index (χ0n) is 14.2. The van der Waals surface area contributed by atoms with Crippen molar-refractivity contribution >= 4 is 46.6 Å². The molecule has 0 aromatic heterocycles. The second-order valence-electron chi connectivity index (χ2n) is 5.62. The number of ether oxygens (including phenoxy) is 1. The summed E-state index contributed by atoms with van der Waals surface area (Å²) >= 11 is 12.3. The van der Waals surface area contributed by atoms with Gasteiger partial charge in [-0.3, -0.25) is 0 Å². The first kappa shape index (κ1) is 18.4. The maximum absolute atomic E-state index is 11.6. The predicted octanol–water partition coefficient (Wildman–Crippen LogP) is 5.33. The Labute approximate surface area is 162 Å². The van der Waals surface area contributed by atoms with Gasteiger partial charge in [0.25, 0.3) is 0 Å². The van der Waals surface area contributed by atoms with Crippen LogP contribution >= 0.6 is 23.2 Å². The van der Waals surface area contributed by atoms with E-state index in [0.717, 1.165) is 16.9 Å². The van der Waals surface area contributed by atoms with E-state index in [9.17, 15) is 4.79 Å². The van der Waals surface area contributed by atoms with Crippen LogP contribution < -0.4 is 9.80 Å². The van der Waals surface area contributed by atoms with Gasteiger partial charge < -0.3 is 14.5 Å². The molecule has 4 nitrogen and oxygen atoms in total. The molecule has 0 amide bonds. The molecule has 0 N–H and O–H groups in total. The third kappa shape index (κ3) is 4.21. The van der Waals surface area contributed by atoms with Crippen molar-refractivity contribution in [2.45, 2.75) is 6.92 Å². The van der Waals surface area contributed by atoms with E-state index in [1.165, 1.54) is 6.08 Å². The van der Waals surface area contributed by atoms with E-state index in [4.69, 9.17) is 27.9 Å². The van der Waals surface area contributed by atoms with Crippen molar-refractivity contribution in [2.75, 3.05) is 23.1 Å². The number of nitrogens with zero attached hydrogens (tertiary/aromatic N) is 2. The van der Waals surface area contributed by atoms with Crippen molar-refractivity contribution in [3.05, 3.63) is 76.5 Å². The maximum Gasteiger partial charge on any atom is 0.330 e. The molecule has 1 aliphatic rings. The van der Waals surface area contributed by atoms with Gasteiger partial charge in [0, 0.05) is 29.2 Å². The van der Waals surface area contributed by atoms with E-state index in [1.54, 1.807) is 19.1 Å². The molecule has 1 aliphatic heterocycles. The molecule has 2 aromatic rings. The number of esters is 1. The van der Waals surface area contributed by atoms with Crippen molar-refractivity contribution in [1.29, 1.82) is 0 Å². The second kappa shape index (κ2) is 8.30. The van der Waals surface area contributed by atoms with Crippen molar-refractivity contribution in [3.8, 4) is 0 Å². The van der Waals surface area contributed by atoms with Gasteiger partial charge in [-0.15, -0.1) is 0 Å². The van der Waals surface area contributed by atoms with E-state index in [-0.39, 0.29) is 5.97 Å². The monoisotopic (exact) mass is 388 g/mol. The summed E-state index contributed by atoms with van der Waals surface area (Å²) in [6, 6.07) is 13.3. The molecule has 0 bridgehead atoms. The lowest BCUT2D eigenvalue weighted by Crippen LogP contribution is -2.25. The number of carbonyl (C=O) groups excluding carboxylic acids is 1. The van der Waals surface area contributed by atoms with Crippen molar-refractivity contribution in [2.24, 2.45) is 0 Å². The summed E-state index contributed by atoms with van der Waals surface area (Å²) in [6.07, 6.45) is 7.14. The van der Waals surface area contributed by atoms with E-state index < -0.39 is 0 Å². The molecule has 0 unspecified atom stereocenters. The summed E-state index contributed by atoms with van der Waals surface area (Å²) in [4.78, 5) is 15.7. The van der Waals surface area contributed by atoms with Crippen molar-refractivity contribution in [3.63, 3.8) is 0 Å². The lowest BCUT2D eigenvalue weighted by molar-refractivity contribution is -0.137. The highest BCUT2D eigenvalue weighted by atomic mass is 35.5. The first-order valence-electron chi connectivity index (χ1n) is 8.19. The number of anilines is 2. The number of halogens is 2. The molecule has 6 heteroatoms. The first-order chi connectivity index (χ1) is 12.6. The van der Waals surface area contributed by atoms with Crippen molar-refractivity contribution < 1.29 is 9.53 Å². The fourth-order valence-electron chi connectivity index (χ4n) is 2.68. The minimum Gasteiger partial charge on any atom is -0.463 e. The minimum absolute atomic E-state index is 0.353. The van der Waals surface area contributed by atoms with E-state index in [0.29, 0.717) is 23.3 Å². The van der Waals surface area contributed by atoms with Crippen LogP contribution in [0.15, 0.2) is 60.9 Å². The average molecular weight is 389 g/mol. The molecule has 26 heavy (non-hydrogen) atoms. The summed E-state index contributed by atoms with van der Waals surface area (Å²) in [7, 11) is 0. The molecular weight excluding hydrogens is 371 g/mol. The number of hydrogen-bond donors (Lipinski definition) is 0. The number of carbonyl (C=O) groups is 1. The number of hydrogen-bond acceptors (Lipinski definition) is 4. The Morgan fingerprint density at radius 3 is 2.58 bits per heavy atom. The van der Waals surface area contributed by atoms with Gasteiger partial charge in [0.2, 0.25) is 0 Å². The van der Waals surface area contributed by atoms with Crippen LogP contribution in [0.4, 0.5) is 11.4 Å². The quantitative estimate of drug-likeness (QED) is 0.512. The number of para-hydroxylation sites is 1. The van der Waals surface area contributed by atoms with Crippen LogP contribution in [0.1, 0.15) is 12.5 Å². The molecule has 3 rings (SSSR count). The lowest BCUT2D eigenvalue weighted by Gasteiger charge is -2.23. The molecule has 0 atom stereocenters. The Balaban J connectivity index is 1.79. The molecule has 0 saturated carbocycles. The van der Waals surface area contributed by atoms with E-state index in [2.05, 4.69) is 4.90 Å². The van der Waals surface area contributed by atoms with Gasteiger partial charge in [-0.2, -0.15) is 0 Å². The molecule has 0 spiro atoms. The van der Waals surface area contributed by atoms with Crippen LogP contribution in [-0.2, 0) is 9.53 Å². The molecule has 2 aromatic carbocycles. The smallest absolute Gasteiger partial charge is 0.330 e. The second-order valence-corrected chi connectivity index (χ2v) is 6.46. The Hall–Kier alpha value is -2.43. The van der Waals surface area contributed by atoms with Gasteiger partial charge in [-0.1, -0.05) is 41.4 Å². The highest BCUT2D eigenvalue weighted by molar-refractivity contribution is 6.36. The van der Waals surface area contributed by atoms with Gasteiger partial charge in [0.05, 0.1) is 24.0 Å². The van der Waals surface area contributed by atoms with Crippen LogP contribution in [0.25, 0.3) is 6.08 Å². The van der Waals surface area contributed by atoms with Crippen molar-refractivity contribution in [1.82, 2.24) is 0 Å². The van der Waals surface area contributed by atoms with Crippen LogP contribution in [0, 0.1) is 0 Å². The molecule has 0 aliphatic carbocycles. The number of rotatable bonds is 5. The Kier molecular flexibility index (Phi) is 5.86. The van der Waals surface area contributed by atoms with Crippen LogP contribution in [0.5, 0.6) is 0 Å². The standard InChI is InChI=1S/C20H18Cl2N2O2/c1-2-26-20(25)10-7-15-5-3-4-6-18(15)23-11-12-24(14-23)19-9-8-16(21)13-17(19)22/h3-13H,2,14H2,1H3. The van der Waals surface area contributed by atoms with Gasteiger partial charge in [-0.05, 0) is 42.8 Å². The van der Waals surface area contributed by atoms with Gasteiger partial charge in [-0.25, -0.2) is 4.79 Å². The van der Waals surface area contributed by atoms with Crippen LogP contribution in [-0.4, -0.2) is 19.2 Å². The maximum atomic E-state index is 11.6. The molecule has 0 radical (unpaired) electrons. The van der Waals surface area contributed by atoms with Gasteiger partial charge in [0.1, 0.15) is 0 Å². The molecule has 1 heterocycles. The first-order valence-corrected chi connectivity index (χ1v) is 8.94. The normalized spacial score (nSPS) is 13.7.